The van der Waals surface area contributed by atoms with Crippen LogP contribution in [0.3, 0.4) is 0 Å². The summed E-state index contributed by atoms with van der Waals surface area (Å²) in [5.74, 6) is 1.56. The van der Waals surface area contributed by atoms with E-state index in [1.807, 2.05) is 63.3 Å². The van der Waals surface area contributed by atoms with E-state index < -0.39 is 17.0 Å². The largest absolute Gasteiger partial charge is 0.494 e. The first-order valence-electron chi connectivity index (χ1n) is 11.7. The summed E-state index contributed by atoms with van der Waals surface area (Å²) >= 11 is 0. The van der Waals surface area contributed by atoms with Gasteiger partial charge in [-0.1, -0.05) is 30.3 Å². The predicted molar refractivity (Wildman–Crippen MR) is 132 cm³/mol. The molecule has 180 valence electrons. The summed E-state index contributed by atoms with van der Waals surface area (Å²) in [7, 11) is 0. The summed E-state index contributed by atoms with van der Waals surface area (Å²) in [6, 6.07) is 18.2. The monoisotopic (exact) mass is 472 g/mol. The molecule has 1 N–H and O–H groups in total. The van der Waals surface area contributed by atoms with E-state index in [1.165, 1.54) is 0 Å². The lowest BCUT2D eigenvalue weighted by Crippen LogP contribution is -2.45. The number of Topliss-reactive ketones (excluding diaryl/α,β-unsaturated/α-hetero) is 1. The van der Waals surface area contributed by atoms with Crippen LogP contribution >= 0.6 is 0 Å². The Kier molecular flexibility index (Phi) is 5.77. The van der Waals surface area contributed by atoms with Crippen LogP contribution in [0.2, 0.25) is 0 Å². The van der Waals surface area contributed by atoms with Crippen molar-refractivity contribution in [2.45, 2.75) is 38.6 Å². The molecule has 0 fully saturated rings. The molecule has 5 rings (SSSR count). The number of ketones is 1. The Hall–Kier alpha value is -3.77. The molecule has 6 heteroatoms. The second-order valence-corrected chi connectivity index (χ2v) is 9.24. The van der Waals surface area contributed by atoms with Gasteiger partial charge in [0.05, 0.1) is 17.7 Å². The van der Waals surface area contributed by atoms with E-state index in [0.717, 1.165) is 5.56 Å². The number of rotatable bonds is 6. The summed E-state index contributed by atoms with van der Waals surface area (Å²) in [5, 5.41) is 11.7. The minimum absolute atomic E-state index is 0.248. The highest BCUT2D eigenvalue weighted by Crippen LogP contribution is 2.46. The molecule has 0 amide bonds. The van der Waals surface area contributed by atoms with Gasteiger partial charge in [-0.25, -0.2) is 0 Å². The van der Waals surface area contributed by atoms with Crippen LogP contribution in [0.4, 0.5) is 0 Å². The molecule has 0 aliphatic carbocycles. The second-order valence-electron chi connectivity index (χ2n) is 9.24. The standard InChI is InChI=1S/C29H28O6/c1-4-32-20-10-12-23(25(16-20)33-17-19-8-6-5-7-9-19)29(31)18-34-26-21-14-15-28(2,3)35-24(21)13-11-22(26)27(29)30/h5-16,31H,4,17-18H2,1-3H3. The van der Waals surface area contributed by atoms with Crippen LogP contribution in [-0.2, 0) is 12.2 Å². The van der Waals surface area contributed by atoms with Gasteiger partial charge < -0.3 is 24.1 Å². The molecule has 2 aliphatic heterocycles. The van der Waals surface area contributed by atoms with Crippen molar-refractivity contribution >= 4 is 11.9 Å². The van der Waals surface area contributed by atoms with Gasteiger partial charge >= 0.3 is 0 Å². The zero-order valence-corrected chi connectivity index (χ0v) is 20.0. The summed E-state index contributed by atoms with van der Waals surface area (Å²) in [6.45, 7) is 6.31. The maximum absolute atomic E-state index is 13.7. The van der Waals surface area contributed by atoms with E-state index >= 15 is 0 Å². The minimum Gasteiger partial charge on any atom is -0.494 e. The van der Waals surface area contributed by atoms with Crippen LogP contribution in [0, 0.1) is 0 Å². The average molecular weight is 473 g/mol. The van der Waals surface area contributed by atoms with Gasteiger partial charge in [0.2, 0.25) is 5.78 Å². The van der Waals surface area contributed by atoms with E-state index in [4.69, 9.17) is 18.9 Å². The number of hydrogen-bond acceptors (Lipinski definition) is 6. The topological polar surface area (TPSA) is 74.2 Å². The molecule has 0 saturated carbocycles. The first kappa shape index (κ1) is 23.0. The molecule has 0 saturated heterocycles. The maximum Gasteiger partial charge on any atom is 0.206 e. The van der Waals surface area contributed by atoms with Crippen molar-refractivity contribution in [3.8, 4) is 23.0 Å². The SMILES string of the molecule is CCOc1ccc(C2(O)COc3c(ccc4c3C=CC(C)(C)O4)C2=O)c(OCc2ccccc2)c1. The highest BCUT2D eigenvalue weighted by Gasteiger charge is 2.47. The van der Waals surface area contributed by atoms with Crippen LogP contribution in [0.1, 0.15) is 47.8 Å². The first-order chi connectivity index (χ1) is 16.8. The van der Waals surface area contributed by atoms with Crippen LogP contribution in [-0.4, -0.2) is 29.7 Å². The number of fused-ring (bicyclic) bond motifs is 3. The fourth-order valence-electron chi connectivity index (χ4n) is 4.38. The molecule has 3 aromatic carbocycles. The van der Waals surface area contributed by atoms with Gasteiger partial charge in [0, 0.05) is 11.6 Å². The lowest BCUT2D eigenvalue weighted by atomic mass is 9.82. The van der Waals surface area contributed by atoms with Gasteiger partial charge in [-0.05, 0) is 62.8 Å². The second kappa shape index (κ2) is 8.78. The Bertz CT molecular complexity index is 1290. The van der Waals surface area contributed by atoms with Gasteiger partial charge in [0.15, 0.2) is 5.60 Å². The lowest BCUT2D eigenvalue weighted by molar-refractivity contribution is -0.00693. The molecular formula is C29H28O6. The molecule has 1 atom stereocenters. The Morgan fingerprint density at radius 1 is 1.03 bits per heavy atom. The van der Waals surface area contributed by atoms with Crippen molar-refractivity contribution in [2.24, 2.45) is 0 Å². The predicted octanol–water partition coefficient (Wildman–Crippen LogP) is 5.31. The van der Waals surface area contributed by atoms with Crippen molar-refractivity contribution in [3.05, 3.63) is 89.0 Å². The molecule has 3 aromatic rings. The number of ether oxygens (including phenoxy) is 4. The van der Waals surface area contributed by atoms with Crippen molar-refractivity contribution in [3.63, 3.8) is 0 Å². The van der Waals surface area contributed by atoms with Gasteiger partial charge in [0.25, 0.3) is 0 Å². The molecule has 0 bridgehead atoms. The van der Waals surface area contributed by atoms with Crippen LogP contribution in [0.25, 0.3) is 6.08 Å². The highest BCUT2D eigenvalue weighted by molar-refractivity contribution is 6.07. The van der Waals surface area contributed by atoms with Crippen LogP contribution < -0.4 is 18.9 Å². The Balaban J connectivity index is 1.52. The van der Waals surface area contributed by atoms with Crippen molar-refractivity contribution in [2.75, 3.05) is 13.2 Å². The van der Waals surface area contributed by atoms with E-state index in [2.05, 4.69) is 0 Å². The Morgan fingerprint density at radius 2 is 1.83 bits per heavy atom. The normalized spacial score (nSPS) is 19.7. The van der Waals surface area contributed by atoms with Crippen LogP contribution in [0.5, 0.6) is 23.0 Å². The van der Waals surface area contributed by atoms with Crippen LogP contribution in [0.15, 0.2) is 66.7 Å². The van der Waals surface area contributed by atoms with Gasteiger partial charge in [-0.3, -0.25) is 4.79 Å². The first-order valence-corrected chi connectivity index (χ1v) is 11.7. The number of carbonyl (C=O) groups is 1. The summed E-state index contributed by atoms with van der Waals surface area (Å²) in [4.78, 5) is 13.7. The quantitative estimate of drug-likeness (QED) is 0.524. The zero-order chi connectivity index (χ0) is 24.6. The van der Waals surface area contributed by atoms with Gasteiger partial charge in [-0.2, -0.15) is 0 Å². The number of aliphatic hydroxyl groups is 1. The number of carbonyl (C=O) groups excluding carboxylic acids is 1. The molecule has 2 aliphatic rings. The van der Waals surface area contributed by atoms with E-state index in [1.54, 1.807) is 30.3 Å². The average Bonchev–Trinajstić information content (AvgIpc) is 2.85. The third kappa shape index (κ3) is 4.26. The smallest absolute Gasteiger partial charge is 0.206 e. The fraction of sp³-hybridized carbons (Fsp3) is 0.276. The molecule has 0 spiro atoms. The summed E-state index contributed by atoms with van der Waals surface area (Å²) in [6.07, 6.45) is 3.83. The zero-order valence-electron chi connectivity index (χ0n) is 20.0. The van der Waals surface area contributed by atoms with Gasteiger partial charge in [0.1, 0.15) is 41.8 Å². The number of hydrogen-bond donors (Lipinski definition) is 1. The highest BCUT2D eigenvalue weighted by atomic mass is 16.5. The molecule has 6 nitrogen and oxygen atoms in total. The van der Waals surface area contributed by atoms with Crippen molar-refractivity contribution in [1.82, 2.24) is 0 Å². The van der Waals surface area contributed by atoms with E-state index in [-0.39, 0.29) is 13.2 Å². The third-order valence-corrected chi connectivity index (χ3v) is 6.17. The van der Waals surface area contributed by atoms with Crippen molar-refractivity contribution < 1.29 is 28.8 Å². The maximum atomic E-state index is 13.7. The Labute approximate surface area is 204 Å². The van der Waals surface area contributed by atoms with Crippen molar-refractivity contribution in [1.29, 1.82) is 0 Å². The molecule has 0 radical (unpaired) electrons. The molecule has 1 unspecified atom stereocenters. The fourth-order valence-corrected chi connectivity index (χ4v) is 4.38. The lowest BCUT2D eigenvalue weighted by Gasteiger charge is -2.36. The molecule has 2 heterocycles. The number of benzene rings is 3. The Morgan fingerprint density at radius 3 is 2.60 bits per heavy atom. The molecule has 35 heavy (non-hydrogen) atoms. The summed E-state index contributed by atoms with van der Waals surface area (Å²) in [5.41, 5.74) is -0.0778. The summed E-state index contributed by atoms with van der Waals surface area (Å²) < 4.78 is 23.8. The molecule has 0 aromatic heterocycles. The van der Waals surface area contributed by atoms with E-state index in [9.17, 15) is 9.90 Å². The third-order valence-electron chi connectivity index (χ3n) is 6.17. The van der Waals surface area contributed by atoms with E-state index in [0.29, 0.717) is 46.3 Å². The van der Waals surface area contributed by atoms with Gasteiger partial charge in [-0.15, -0.1) is 0 Å². The minimum atomic E-state index is -1.92. The molecular weight excluding hydrogens is 444 g/mol.